The highest BCUT2D eigenvalue weighted by atomic mass is 32.2. The lowest BCUT2D eigenvalue weighted by molar-refractivity contribution is 0.303. The van der Waals surface area contributed by atoms with Gasteiger partial charge >= 0.3 is 0 Å². The Balaban J connectivity index is 0.000000151. The summed E-state index contributed by atoms with van der Waals surface area (Å²) in [7, 11) is -14.1. The van der Waals surface area contributed by atoms with E-state index in [0.717, 1.165) is 105 Å². The van der Waals surface area contributed by atoms with E-state index in [-0.39, 0.29) is 23.6 Å². The summed E-state index contributed by atoms with van der Waals surface area (Å²) in [6.45, 7) is 7.44. The van der Waals surface area contributed by atoms with E-state index in [0.29, 0.717) is 43.2 Å². The second-order valence-electron chi connectivity index (χ2n) is 23.7. The SMILES string of the molecule is C[C@@H](NS(=O)(=O)/C=C/c1nn(Cc2ccccc2)c2c1CS(=O)(=O)CC2)c1ccccc1.C[C@@H](NS(=O)(=O)/C=C/c1nn(Cc2ccccc2)c2c1CSCC2)c1ccccc1.C[C@H](NS(=O)(=O)/C=C/c1c2c(nn1Cc1ccccc1)CCSC2)C1CCCCC1. The van der Waals surface area contributed by atoms with Gasteiger partial charge in [0.15, 0.2) is 9.84 Å². The molecule has 1 aliphatic carbocycles. The molecular weight excluding hydrogens is 1280 g/mol. The minimum atomic E-state index is -3.76. The van der Waals surface area contributed by atoms with Gasteiger partial charge in [-0.1, -0.05) is 171 Å². The summed E-state index contributed by atoms with van der Waals surface area (Å²) in [4.78, 5) is 0. The molecule has 3 aromatic heterocycles. The quantitative estimate of drug-likeness (QED) is 0.0609. The molecule has 23 heteroatoms. The van der Waals surface area contributed by atoms with Crippen molar-refractivity contribution in [3.05, 3.63) is 247 Å². The van der Waals surface area contributed by atoms with Gasteiger partial charge in [0.05, 0.1) is 53.9 Å². The molecule has 8 aromatic rings. The summed E-state index contributed by atoms with van der Waals surface area (Å²) in [5.74, 6) is 4.24. The van der Waals surface area contributed by atoms with Crippen molar-refractivity contribution in [2.75, 3.05) is 17.3 Å². The van der Waals surface area contributed by atoms with Crippen molar-refractivity contribution in [3.63, 3.8) is 0 Å². The first-order valence-electron chi connectivity index (χ1n) is 31.2. The zero-order valence-corrected chi connectivity index (χ0v) is 57.0. The fraction of sp³-hybridized carbons (Fsp3) is 0.348. The molecule has 1 saturated carbocycles. The fourth-order valence-electron chi connectivity index (χ4n) is 11.9. The van der Waals surface area contributed by atoms with Gasteiger partial charge < -0.3 is 0 Å². The smallest absolute Gasteiger partial charge is 0.234 e. The van der Waals surface area contributed by atoms with Crippen LogP contribution in [0.3, 0.4) is 0 Å². The number of sulfone groups is 1. The van der Waals surface area contributed by atoms with Crippen LogP contribution in [0, 0.1) is 5.92 Å². The third-order valence-corrected chi connectivity index (χ3v) is 23.8. The topological polar surface area (TPSA) is 226 Å². The van der Waals surface area contributed by atoms with E-state index in [9.17, 15) is 33.7 Å². The molecular formula is C69H81N9O8S6. The number of hydrogen-bond acceptors (Lipinski definition) is 13. The van der Waals surface area contributed by atoms with Gasteiger partial charge in [0, 0.05) is 86.8 Å². The number of thioether (sulfide) groups is 2. The minimum absolute atomic E-state index is 0.0290. The number of sulfonamides is 3. The third kappa shape index (κ3) is 19.2. The molecule has 0 bridgehead atoms. The first-order chi connectivity index (χ1) is 44.3. The summed E-state index contributed by atoms with van der Waals surface area (Å²) in [6.07, 6.45) is 12.9. The van der Waals surface area contributed by atoms with Gasteiger partial charge in [0.1, 0.15) is 0 Å². The maximum atomic E-state index is 12.8. The summed E-state index contributed by atoms with van der Waals surface area (Å²) in [6, 6.07) is 48.2. The van der Waals surface area contributed by atoms with Crippen LogP contribution in [0.25, 0.3) is 18.2 Å². The Kier molecular flexibility index (Phi) is 23.4. The molecule has 1 fully saturated rings. The molecule has 92 heavy (non-hydrogen) atoms. The zero-order valence-electron chi connectivity index (χ0n) is 52.1. The maximum absolute atomic E-state index is 12.8. The van der Waals surface area contributed by atoms with E-state index in [1.807, 2.05) is 174 Å². The van der Waals surface area contributed by atoms with Gasteiger partial charge in [-0.2, -0.15) is 38.8 Å². The van der Waals surface area contributed by atoms with Gasteiger partial charge in [-0.25, -0.2) is 47.8 Å². The molecule has 0 radical (unpaired) electrons. The molecule has 4 aliphatic rings. The molecule has 0 saturated heterocycles. The van der Waals surface area contributed by atoms with Crippen LogP contribution >= 0.6 is 23.5 Å². The molecule has 0 amide bonds. The highest BCUT2D eigenvalue weighted by molar-refractivity contribution is 7.98. The van der Waals surface area contributed by atoms with Crippen LogP contribution in [0.1, 0.15) is 144 Å². The van der Waals surface area contributed by atoms with E-state index in [1.54, 1.807) is 23.8 Å². The predicted molar refractivity (Wildman–Crippen MR) is 373 cm³/mol. The van der Waals surface area contributed by atoms with E-state index < -0.39 is 45.9 Å². The standard InChI is InChI=1S/C23H25N3O4S2.C23H25N3O2S2.C23H31N3O2S2/c1-18(20-10-6-3-7-11-20)25-32(29,30)15-12-22-21-17-31(27,28)14-13-23(21)26(24-22)16-19-8-4-2-5-9-19;1-18(20-10-6-3-7-11-20)25-30(27,28)15-13-22-21-17-29-14-12-23(21)26(24-22)16-19-8-4-2-5-9-19;1-18(20-10-6-3-7-11-20)25-30(27,28)15-13-23-21-17-29-14-12-22(21)24-26(23)16-19-8-4-2-5-9-19/h2-12,15,18,25H,13-14,16-17H2,1H3;2-11,13,15,18,25H,12,14,16-17H2,1H3;2,4-5,8-9,13,15,18,20,25H,3,6-7,10-12,14,16-17H2,1H3/b15-12+;2*15-13+/t3*18-/m110/s1. The van der Waals surface area contributed by atoms with Crippen LogP contribution < -0.4 is 14.2 Å². The number of hydrogen-bond donors (Lipinski definition) is 3. The minimum Gasteiger partial charge on any atom is -0.264 e. The Morgan fingerprint density at radius 3 is 1.43 bits per heavy atom. The Hall–Kier alpha value is -6.67. The van der Waals surface area contributed by atoms with Crippen molar-refractivity contribution in [3.8, 4) is 0 Å². The lowest BCUT2D eigenvalue weighted by Crippen LogP contribution is -2.37. The van der Waals surface area contributed by atoms with E-state index in [4.69, 9.17) is 10.2 Å². The maximum Gasteiger partial charge on any atom is 0.234 e. The van der Waals surface area contributed by atoms with Crippen LogP contribution in [-0.4, -0.2) is 86.3 Å². The van der Waals surface area contributed by atoms with Crippen LogP contribution in [-0.2, 0) is 96.1 Å². The fourth-order valence-corrected chi connectivity index (χ4v) is 18.5. The molecule has 3 atom stereocenters. The number of nitrogens with one attached hydrogen (secondary N) is 3. The Morgan fingerprint density at radius 1 is 0.500 bits per heavy atom. The van der Waals surface area contributed by atoms with Crippen LogP contribution in [0.5, 0.6) is 0 Å². The van der Waals surface area contributed by atoms with Gasteiger partial charge in [-0.3, -0.25) is 14.0 Å². The average molecular weight is 1360 g/mol. The highest BCUT2D eigenvalue weighted by Gasteiger charge is 2.30. The average Bonchev–Trinajstić information content (AvgIpc) is 1.66. The van der Waals surface area contributed by atoms with Crippen molar-refractivity contribution in [2.24, 2.45) is 5.92 Å². The summed E-state index contributed by atoms with van der Waals surface area (Å²) in [5, 5.41) is 17.8. The number of benzene rings is 5. The van der Waals surface area contributed by atoms with Gasteiger partial charge in [-0.05, 0) is 104 Å². The van der Waals surface area contributed by atoms with Crippen LogP contribution in [0.15, 0.2) is 168 Å². The van der Waals surface area contributed by atoms with Crippen molar-refractivity contribution in [1.29, 1.82) is 0 Å². The van der Waals surface area contributed by atoms with E-state index in [1.165, 1.54) is 53.0 Å². The van der Waals surface area contributed by atoms with Gasteiger partial charge in [0.2, 0.25) is 30.1 Å². The first-order valence-corrected chi connectivity index (χ1v) is 40.0. The largest absolute Gasteiger partial charge is 0.264 e. The highest BCUT2D eigenvalue weighted by Crippen LogP contribution is 2.32. The van der Waals surface area contributed by atoms with E-state index >= 15 is 0 Å². The predicted octanol–water partition coefficient (Wildman–Crippen LogP) is 12.0. The monoisotopic (exact) mass is 1360 g/mol. The molecule has 0 spiro atoms. The molecule has 3 aliphatic heterocycles. The van der Waals surface area contributed by atoms with Crippen molar-refractivity contribution in [2.45, 2.75) is 127 Å². The molecule has 5 aromatic carbocycles. The third-order valence-electron chi connectivity index (χ3n) is 16.8. The molecule has 12 rings (SSSR count). The lowest BCUT2D eigenvalue weighted by atomic mass is 9.85. The molecule has 3 N–H and O–H groups in total. The molecule has 486 valence electrons. The number of rotatable bonds is 21. The van der Waals surface area contributed by atoms with E-state index in [2.05, 4.69) is 43.5 Å². The zero-order chi connectivity index (χ0) is 64.7. The van der Waals surface area contributed by atoms with Crippen LogP contribution in [0.2, 0.25) is 0 Å². The second-order valence-corrected chi connectivity index (χ2v) is 32.8. The Bertz CT molecular complexity index is 4310. The lowest BCUT2D eigenvalue weighted by Gasteiger charge is -2.27. The summed E-state index contributed by atoms with van der Waals surface area (Å²) < 4.78 is 115. The number of aromatic nitrogens is 6. The summed E-state index contributed by atoms with van der Waals surface area (Å²) >= 11 is 3.74. The number of fused-ring (bicyclic) bond motifs is 3. The van der Waals surface area contributed by atoms with Gasteiger partial charge in [-0.15, -0.1) is 0 Å². The second kappa shape index (κ2) is 31.5. The Morgan fingerprint density at radius 2 is 0.924 bits per heavy atom. The molecule has 0 unspecified atom stereocenters. The van der Waals surface area contributed by atoms with Crippen LogP contribution in [0.4, 0.5) is 0 Å². The van der Waals surface area contributed by atoms with Gasteiger partial charge in [0.25, 0.3) is 0 Å². The number of aryl methyl sites for hydroxylation is 1. The molecule has 17 nitrogen and oxygen atoms in total. The van der Waals surface area contributed by atoms with Crippen molar-refractivity contribution >= 4 is 81.7 Å². The molecule has 6 heterocycles. The van der Waals surface area contributed by atoms with Crippen molar-refractivity contribution in [1.82, 2.24) is 43.5 Å². The first kappa shape index (κ1) is 68.2. The summed E-state index contributed by atoms with van der Waals surface area (Å²) in [5.41, 5.74) is 13.2. The Labute approximate surface area is 551 Å². The van der Waals surface area contributed by atoms with Crippen molar-refractivity contribution < 1.29 is 33.7 Å². The number of nitrogens with zero attached hydrogens (tertiary/aromatic N) is 6. The normalized spacial score (nSPS) is 17.0.